The van der Waals surface area contributed by atoms with Gasteiger partial charge in [0.05, 0.1) is 12.8 Å². The van der Waals surface area contributed by atoms with Crippen molar-refractivity contribution in [2.24, 2.45) is 0 Å². The maximum Gasteiger partial charge on any atom is 0.351 e. The van der Waals surface area contributed by atoms with Gasteiger partial charge >= 0.3 is 5.97 Å². The molecule has 0 aromatic heterocycles. The van der Waals surface area contributed by atoms with Crippen LogP contribution in [0.15, 0.2) is 0 Å². The molecule has 0 rings (SSSR count). The van der Waals surface area contributed by atoms with E-state index >= 15 is 0 Å². The van der Waals surface area contributed by atoms with Crippen molar-refractivity contribution < 1.29 is 9.53 Å². The van der Waals surface area contributed by atoms with Gasteiger partial charge in [-0.1, -0.05) is 13.3 Å². The molecule has 0 aromatic carbocycles. The average Bonchev–Trinajstić information content (AvgIpc) is 1.94. The van der Waals surface area contributed by atoms with Crippen molar-refractivity contribution in [1.82, 2.24) is 0 Å². The molecule has 2 nitrogen and oxygen atoms in total. The van der Waals surface area contributed by atoms with E-state index in [2.05, 4.69) is 6.92 Å². The van der Waals surface area contributed by atoms with Gasteiger partial charge in [-0.3, -0.25) is 0 Å². The van der Waals surface area contributed by atoms with Gasteiger partial charge < -0.3 is 4.74 Å². The summed E-state index contributed by atoms with van der Waals surface area (Å²) in [5, 5.41) is 0. The van der Waals surface area contributed by atoms with E-state index in [1.54, 1.807) is 0 Å². The Kier molecular flexibility index (Phi) is 5.60. The molecule has 0 saturated carbocycles. The molecule has 13 heavy (non-hydrogen) atoms. The van der Waals surface area contributed by atoms with Crippen LogP contribution < -0.4 is 0 Å². The first-order valence-corrected chi connectivity index (χ1v) is 4.99. The van der Waals surface area contributed by atoms with E-state index in [9.17, 15) is 4.79 Å². The summed E-state index contributed by atoms with van der Waals surface area (Å²) in [5.74, 6) is -0.122. The predicted molar refractivity (Wildman–Crippen MR) is 54.3 cm³/mol. The molecular formula is C11H21O2+. The first-order valence-electron chi connectivity index (χ1n) is 4.99. The Bertz CT molecular complexity index is 145. The highest BCUT2D eigenvalue weighted by Gasteiger charge is 2.18. The quantitative estimate of drug-likeness (QED) is 0.374. The Hall–Kier alpha value is -0.660. The number of rotatable bonds is 5. The lowest BCUT2D eigenvalue weighted by Gasteiger charge is -2.17. The van der Waals surface area contributed by atoms with Crippen LogP contribution in [0.5, 0.6) is 0 Å². The molecule has 0 atom stereocenters. The van der Waals surface area contributed by atoms with Gasteiger partial charge in [0.15, 0.2) is 6.42 Å². The van der Waals surface area contributed by atoms with Crippen molar-refractivity contribution in [2.45, 2.75) is 59.0 Å². The Balaban J connectivity index is 3.41. The summed E-state index contributed by atoms with van der Waals surface area (Å²) in [6.45, 7) is 7.80. The highest BCUT2D eigenvalue weighted by atomic mass is 16.6. The minimum atomic E-state index is -0.352. The molecule has 0 heterocycles. The molecule has 0 aliphatic carbocycles. The molecule has 0 aliphatic rings. The molecule has 0 unspecified atom stereocenters. The normalized spacial score (nSPS) is 11.1. The van der Waals surface area contributed by atoms with Crippen LogP contribution in [0.1, 0.15) is 53.4 Å². The smallest absolute Gasteiger partial charge is 0.351 e. The van der Waals surface area contributed by atoms with Gasteiger partial charge in [-0.05, 0) is 27.2 Å². The first kappa shape index (κ1) is 12.3. The predicted octanol–water partition coefficient (Wildman–Crippen LogP) is 3.11. The third-order valence-electron chi connectivity index (χ3n) is 1.49. The van der Waals surface area contributed by atoms with Crippen LogP contribution in [0.3, 0.4) is 0 Å². The maximum absolute atomic E-state index is 11.2. The second-order valence-corrected chi connectivity index (χ2v) is 4.22. The van der Waals surface area contributed by atoms with Crippen LogP contribution in [0.25, 0.3) is 0 Å². The van der Waals surface area contributed by atoms with Gasteiger partial charge in [0.25, 0.3) is 0 Å². The summed E-state index contributed by atoms with van der Waals surface area (Å²) in [4.78, 5) is 11.2. The van der Waals surface area contributed by atoms with E-state index in [4.69, 9.17) is 4.74 Å². The van der Waals surface area contributed by atoms with Crippen molar-refractivity contribution in [3.05, 3.63) is 6.42 Å². The number of hydrogen-bond donors (Lipinski definition) is 0. The zero-order chi connectivity index (χ0) is 10.3. The average molecular weight is 185 g/mol. The number of ether oxygens (including phenoxy) is 1. The summed E-state index contributed by atoms with van der Waals surface area (Å²) in [7, 11) is 0. The summed E-state index contributed by atoms with van der Waals surface area (Å²) < 4.78 is 5.15. The lowest BCUT2D eigenvalue weighted by atomic mass is 10.1. The second-order valence-electron chi connectivity index (χ2n) is 4.22. The van der Waals surface area contributed by atoms with Crippen molar-refractivity contribution >= 4 is 5.97 Å². The lowest BCUT2D eigenvalue weighted by molar-refractivity contribution is -0.154. The van der Waals surface area contributed by atoms with E-state index in [0.29, 0.717) is 6.42 Å². The van der Waals surface area contributed by atoms with Crippen LogP contribution in [0.2, 0.25) is 0 Å². The summed E-state index contributed by atoms with van der Waals surface area (Å²) in [6.07, 6.45) is 5.78. The highest BCUT2D eigenvalue weighted by Crippen LogP contribution is 2.10. The standard InChI is InChI=1S/C11H21O2/c1-5-6-7-8-9-10(12)13-11(2,3)4/h8H,5-7,9H2,1-4H3/q+1. The van der Waals surface area contributed by atoms with Crippen LogP contribution >= 0.6 is 0 Å². The number of carbonyl (C=O) groups is 1. The number of esters is 1. The number of unbranched alkanes of at least 4 members (excludes halogenated alkanes) is 3. The van der Waals surface area contributed by atoms with E-state index in [-0.39, 0.29) is 11.6 Å². The van der Waals surface area contributed by atoms with Crippen molar-refractivity contribution in [2.75, 3.05) is 0 Å². The topological polar surface area (TPSA) is 26.3 Å². The molecule has 0 spiro atoms. The largest absolute Gasteiger partial charge is 0.457 e. The second kappa shape index (κ2) is 5.90. The number of carbonyl (C=O) groups excluding carboxylic acids is 1. The van der Waals surface area contributed by atoms with Crippen LogP contribution in [0, 0.1) is 6.42 Å². The van der Waals surface area contributed by atoms with E-state index in [1.807, 2.05) is 27.2 Å². The Morgan fingerprint density at radius 2 is 2.00 bits per heavy atom. The minimum Gasteiger partial charge on any atom is -0.457 e. The SMILES string of the molecule is CCCC[CH+]CC(=O)OC(C)(C)C. The molecule has 0 fully saturated rings. The third kappa shape index (κ3) is 9.25. The fourth-order valence-electron chi connectivity index (χ4n) is 0.952. The van der Waals surface area contributed by atoms with Crippen LogP contribution in [-0.4, -0.2) is 11.6 Å². The molecule has 0 aromatic rings. The van der Waals surface area contributed by atoms with E-state index in [0.717, 1.165) is 12.8 Å². The Morgan fingerprint density at radius 3 is 2.46 bits per heavy atom. The molecule has 0 N–H and O–H groups in total. The maximum atomic E-state index is 11.2. The molecule has 0 amide bonds. The van der Waals surface area contributed by atoms with Gasteiger partial charge in [-0.15, -0.1) is 0 Å². The van der Waals surface area contributed by atoms with E-state index in [1.165, 1.54) is 6.42 Å². The van der Waals surface area contributed by atoms with Crippen LogP contribution in [0.4, 0.5) is 0 Å². The molecule has 2 heteroatoms. The van der Waals surface area contributed by atoms with Gasteiger partial charge in [-0.2, -0.15) is 0 Å². The lowest BCUT2D eigenvalue weighted by Crippen LogP contribution is -2.23. The zero-order valence-corrected chi connectivity index (χ0v) is 9.22. The summed E-state index contributed by atoms with van der Waals surface area (Å²) >= 11 is 0. The highest BCUT2D eigenvalue weighted by molar-refractivity contribution is 5.71. The zero-order valence-electron chi connectivity index (χ0n) is 9.22. The molecule has 0 bridgehead atoms. The van der Waals surface area contributed by atoms with Gasteiger partial charge in [0, 0.05) is 0 Å². The van der Waals surface area contributed by atoms with Crippen LogP contribution in [-0.2, 0) is 9.53 Å². The Morgan fingerprint density at radius 1 is 1.38 bits per heavy atom. The summed E-state index contributed by atoms with van der Waals surface area (Å²) in [6, 6.07) is 0. The van der Waals surface area contributed by atoms with Gasteiger partial charge in [-0.25, -0.2) is 4.79 Å². The first-order chi connectivity index (χ1) is 5.95. The van der Waals surface area contributed by atoms with Crippen molar-refractivity contribution in [1.29, 1.82) is 0 Å². The van der Waals surface area contributed by atoms with Gasteiger partial charge in [0.2, 0.25) is 0 Å². The molecule has 0 saturated heterocycles. The fraction of sp³-hybridized carbons (Fsp3) is 0.818. The molecular weight excluding hydrogens is 164 g/mol. The van der Waals surface area contributed by atoms with Gasteiger partial charge in [0.1, 0.15) is 5.60 Å². The van der Waals surface area contributed by atoms with Crippen molar-refractivity contribution in [3.8, 4) is 0 Å². The molecule has 0 aliphatic heterocycles. The minimum absolute atomic E-state index is 0.122. The van der Waals surface area contributed by atoms with Crippen molar-refractivity contribution in [3.63, 3.8) is 0 Å². The third-order valence-corrected chi connectivity index (χ3v) is 1.49. The fourth-order valence-corrected chi connectivity index (χ4v) is 0.952. The summed E-state index contributed by atoms with van der Waals surface area (Å²) in [5.41, 5.74) is -0.352. The Labute approximate surface area is 81.7 Å². The monoisotopic (exact) mass is 185 g/mol. The molecule has 76 valence electrons. The molecule has 0 radical (unpaired) electrons. The number of hydrogen-bond acceptors (Lipinski definition) is 2. The van der Waals surface area contributed by atoms with E-state index < -0.39 is 0 Å².